The lowest BCUT2D eigenvalue weighted by molar-refractivity contribution is 0.108. The van der Waals surface area contributed by atoms with Gasteiger partial charge in [-0.1, -0.05) is 42.0 Å². The minimum Gasteiger partial charge on any atom is -0.281 e. The van der Waals surface area contributed by atoms with Crippen LogP contribution in [0.2, 0.25) is 0 Å². The Kier molecular flexibility index (Phi) is 3.71. The standard InChI is InChI=1S/C17H14N2OS/c1-11-8-9-15-14(10-11)12(2)18-17(19-15)21-16(20)13-6-4-3-5-7-13/h3-10H,1-2H3. The summed E-state index contributed by atoms with van der Waals surface area (Å²) in [7, 11) is 0. The van der Waals surface area contributed by atoms with Gasteiger partial charge in [0.05, 0.1) is 5.52 Å². The molecule has 21 heavy (non-hydrogen) atoms. The molecule has 0 atom stereocenters. The van der Waals surface area contributed by atoms with Crippen LogP contribution in [0, 0.1) is 13.8 Å². The second-order valence-corrected chi connectivity index (χ2v) is 5.81. The zero-order chi connectivity index (χ0) is 14.8. The summed E-state index contributed by atoms with van der Waals surface area (Å²) in [6.07, 6.45) is 0. The molecule has 0 amide bonds. The number of carbonyl (C=O) groups excluding carboxylic acids is 1. The van der Waals surface area contributed by atoms with Crippen molar-refractivity contribution in [3.63, 3.8) is 0 Å². The van der Waals surface area contributed by atoms with Gasteiger partial charge in [-0.05, 0) is 37.7 Å². The van der Waals surface area contributed by atoms with Gasteiger partial charge in [0.1, 0.15) is 0 Å². The zero-order valence-corrected chi connectivity index (χ0v) is 12.6. The molecule has 0 saturated heterocycles. The highest BCUT2D eigenvalue weighted by Gasteiger charge is 2.12. The minimum atomic E-state index is -0.0403. The molecule has 2 aromatic carbocycles. The van der Waals surface area contributed by atoms with E-state index in [0.29, 0.717) is 10.7 Å². The van der Waals surface area contributed by atoms with Gasteiger partial charge in [0, 0.05) is 16.6 Å². The highest BCUT2D eigenvalue weighted by atomic mass is 32.2. The zero-order valence-electron chi connectivity index (χ0n) is 11.8. The fraction of sp³-hybridized carbons (Fsp3) is 0.118. The van der Waals surface area contributed by atoms with Gasteiger partial charge >= 0.3 is 0 Å². The van der Waals surface area contributed by atoms with Crippen LogP contribution in [-0.2, 0) is 0 Å². The normalized spacial score (nSPS) is 10.8. The van der Waals surface area contributed by atoms with Crippen LogP contribution in [0.25, 0.3) is 10.9 Å². The van der Waals surface area contributed by atoms with Crippen LogP contribution in [0.1, 0.15) is 21.6 Å². The molecule has 0 fully saturated rings. The Balaban J connectivity index is 1.95. The summed E-state index contributed by atoms with van der Waals surface area (Å²) in [4.78, 5) is 21.1. The van der Waals surface area contributed by atoms with E-state index in [1.807, 2.05) is 44.2 Å². The van der Waals surface area contributed by atoms with Crippen molar-refractivity contribution >= 4 is 27.8 Å². The molecule has 0 radical (unpaired) electrons. The monoisotopic (exact) mass is 294 g/mol. The molecular formula is C17H14N2OS. The molecule has 0 N–H and O–H groups in total. The van der Waals surface area contributed by atoms with Gasteiger partial charge in [-0.3, -0.25) is 4.79 Å². The molecule has 3 rings (SSSR count). The highest BCUT2D eigenvalue weighted by Crippen LogP contribution is 2.24. The third-order valence-electron chi connectivity index (χ3n) is 3.21. The predicted molar refractivity (Wildman–Crippen MR) is 85.6 cm³/mol. The number of nitrogens with zero attached hydrogens (tertiary/aromatic N) is 2. The number of thioether (sulfide) groups is 1. The van der Waals surface area contributed by atoms with Crippen LogP contribution in [0.4, 0.5) is 0 Å². The first kappa shape index (κ1) is 13.8. The van der Waals surface area contributed by atoms with Crippen molar-refractivity contribution in [1.29, 1.82) is 0 Å². The van der Waals surface area contributed by atoms with E-state index in [-0.39, 0.29) is 5.12 Å². The molecule has 0 saturated carbocycles. The Morgan fingerprint density at radius 3 is 2.52 bits per heavy atom. The maximum Gasteiger partial charge on any atom is 0.227 e. The van der Waals surface area contributed by atoms with Crippen LogP contribution in [0.15, 0.2) is 53.7 Å². The summed E-state index contributed by atoms with van der Waals surface area (Å²) < 4.78 is 0. The Bertz CT molecular complexity index is 816. The molecule has 0 bridgehead atoms. The van der Waals surface area contributed by atoms with Crippen LogP contribution < -0.4 is 0 Å². The van der Waals surface area contributed by atoms with Crippen molar-refractivity contribution in [2.45, 2.75) is 19.0 Å². The van der Waals surface area contributed by atoms with Crippen molar-refractivity contribution in [3.05, 3.63) is 65.4 Å². The van der Waals surface area contributed by atoms with Crippen molar-refractivity contribution in [3.8, 4) is 0 Å². The number of carbonyl (C=O) groups is 1. The van der Waals surface area contributed by atoms with E-state index in [2.05, 4.69) is 16.0 Å². The molecule has 3 aromatic rings. The van der Waals surface area contributed by atoms with Gasteiger partial charge in [0.25, 0.3) is 0 Å². The third kappa shape index (κ3) is 2.95. The van der Waals surface area contributed by atoms with Gasteiger partial charge in [-0.25, -0.2) is 9.97 Å². The molecule has 0 aliphatic rings. The number of hydrogen-bond donors (Lipinski definition) is 0. The summed E-state index contributed by atoms with van der Waals surface area (Å²) >= 11 is 1.07. The molecule has 0 aliphatic carbocycles. The average Bonchev–Trinajstić information content (AvgIpc) is 2.49. The molecule has 0 spiro atoms. The third-order valence-corrected chi connectivity index (χ3v) is 4.00. The van der Waals surface area contributed by atoms with Gasteiger partial charge in [-0.15, -0.1) is 0 Å². The van der Waals surface area contributed by atoms with E-state index in [1.54, 1.807) is 12.1 Å². The number of benzene rings is 2. The van der Waals surface area contributed by atoms with E-state index in [0.717, 1.165) is 28.4 Å². The second-order valence-electron chi connectivity index (χ2n) is 4.87. The Hall–Kier alpha value is -2.20. The molecule has 104 valence electrons. The largest absolute Gasteiger partial charge is 0.281 e. The van der Waals surface area contributed by atoms with Gasteiger partial charge in [-0.2, -0.15) is 0 Å². The van der Waals surface area contributed by atoms with Crippen LogP contribution in [-0.4, -0.2) is 15.1 Å². The lowest BCUT2D eigenvalue weighted by Gasteiger charge is -2.05. The fourth-order valence-corrected chi connectivity index (χ4v) is 2.88. The summed E-state index contributed by atoms with van der Waals surface area (Å²) in [5, 5.41) is 1.49. The fourth-order valence-electron chi connectivity index (χ4n) is 2.13. The average molecular weight is 294 g/mol. The first-order valence-electron chi connectivity index (χ1n) is 6.66. The van der Waals surface area contributed by atoms with Crippen LogP contribution in [0.3, 0.4) is 0 Å². The lowest BCUT2D eigenvalue weighted by Crippen LogP contribution is -1.98. The summed E-state index contributed by atoms with van der Waals surface area (Å²) in [5.74, 6) is 0. The second kappa shape index (κ2) is 5.66. The smallest absolute Gasteiger partial charge is 0.227 e. The highest BCUT2D eigenvalue weighted by molar-refractivity contribution is 8.14. The van der Waals surface area contributed by atoms with Gasteiger partial charge in [0.15, 0.2) is 5.16 Å². The molecule has 0 unspecified atom stereocenters. The molecule has 1 heterocycles. The number of rotatable bonds is 2. The number of aromatic nitrogens is 2. The number of hydrogen-bond acceptors (Lipinski definition) is 4. The van der Waals surface area contributed by atoms with Crippen molar-refractivity contribution in [2.75, 3.05) is 0 Å². The number of fused-ring (bicyclic) bond motifs is 1. The van der Waals surface area contributed by atoms with Gasteiger partial charge in [0.2, 0.25) is 5.12 Å². The number of aryl methyl sites for hydroxylation is 2. The first-order valence-corrected chi connectivity index (χ1v) is 7.47. The van der Waals surface area contributed by atoms with E-state index in [4.69, 9.17) is 0 Å². The predicted octanol–water partition coefficient (Wildman–Crippen LogP) is 4.18. The van der Waals surface area contributed by atoms with Crippen molar-refractivity contribution in [1.82, 2.24) is 9.97 Å². The van der Waals surface area contributed by atoms with Crippen molar-refractivity contribution < 1.29 is 4.79 Å². The summed E-state index contributed by atoms with van der Waals surface area (Å²) in [6.45, 7) is 3.99. The lowest BCUT2D eigenvalue weighted by atomic mass is 10.1. The van der Waals surface area contributed by atoms with E-state index in [1.165, 1.54) is 5.56 Å². The Morgan fingerprint density at radius 2 is 1.76 bits per heavy atom. The van der Waals surface area contributed by atoms with E-state index >= 15 is 0 Å². The minimum absolute atomic E-state index is 0.0403. The molecule has 0 aliphatic heterocycles. The molecular weight excluding hydrogens is 280 g/mol. The maximum absolute atomic E-state index is 12.2. The van der Waals surface area contributed by atoms with E-state index in [9.17, 15) is 4.79 Å². The Morgan fingerprint density at radius 1 is 1.00 bits per heavy atom. The van der Waals surface area contributed by atoms with E-state index < -0.39 is 0 Å². The Labute approximate surface area is 127 Å². The summed E-state index contributed by atoms with van der Waals surface area (Å²) in [5.41, 5.74) is 3.60. The van der Waals surface area contributed by atoms with Gasteiger partial charge < -0.3 is 0 Å². The first-order chi connectivity index (χ1) is 10.1. The molecule has 3 nitrogen and oxygen atoms in total. The van der Waals surface area contributed by atoms with Crippen LogP contribution >= 0.6 is 11.8 Å². The maximum atomic E-state index is 12.2. The topological polar surface area (TPSA) is 42.9 Å². The summed E-state index contributed by atoms with van der Waals surface area (Å²) in [6, 6.07) is 15.2. The van der Waals surface area contributed by atoms with Crippen molar-refractivity contribution in [2.24, 2.45) is 0 Å². The molecule has 4 heteroatoms. The molecule has 1 aromatic heterocycles. The quantitative estimate of drug-likeness (QED) is 0.525. The van der Waals surface area contributed by atoms with Crippen LogP contribution in [0.5, 0.6) is 0 Å². The SMILES string of the molecule is Cc1ccc2nc(SC(=O)c3ccccc3)nc(C)c2c1.